The molecule has 1 aromatic heterocycles. The number of pyridine rings is 1. The maximum absolute atomic E-state index is 11.9. The second kappa shape index (κ2) is 7.29. The Balaban J connectivity index is 1.96. The second-order valence-electron chi connectivity index (χ2n) is 5.95. The highest BCUT2D eigenvalue weighted by Crippen LogP contribution is 2.30. The highest BCUT2D eigenvalue weighted by molar-refractivity contribution is 7.89. The van der Waals surface area contributed by atoms with E-state index < -0.39 is 14.9 Å². The third-order valence-electron chi connectivity index (χ3n) is 4.10. The summed E-state index contributed by atoms with van der Waals surface area (Å²) in [6.45, 7) is 2.12. The standard InChI is InChI=1S/C18H18N4O4S/c1-12-9-16(15-7-4-8-17(22(23)24)18(15)21-12)20-11-13-5-3-6-14(10-13)27(25,26)19-2/h3-10,19H,11H2,1-2H3,(H,20,21). The monoisotopic (exact) mass is 386 g/mol. The van der Waals surface area contributed by atoms with E-state index in [1.54, 1.807) is 43.3 Å². The van der Waals surface area contributed by atoms with E-state index in [0.29, 0.717) is 28.8 Å². The number of benzene rings is 2. The van der Waals surface area contributed by atoms with Crippen LogP contribution in [0.3, 0.4) is 0 Å². The van der Waals surface area contributed by atoms with Gasteiger partial charge in [0, 0.05) is 29.4 Å². The number of nitrogens with zero attached hydrogens (tertiary/aromatic N) is 2. The van der Waals surface area contributed by atoms with Gasteiger partial charge in [-0.05, 0) is 37.7 Å². The van der Waals surface area contributed by atoms with E-state index >= 15 is 0 Å². The predicted octanol–water partition coefficient (Wildman–Crippen LogP) is 2.97. The van der Waals surface area contributed by atoms with Crippen LogP contribution in [-0.2, 0) is 16.6 Å². The molecule has 0 aliphatic carbocycles. The minimum absolute atomic E-state index is 0.0543. The molecule has 0 aliphatic heterocycles. The van der Waals surface area contributed by atoms with Gasteiger partial charge in [0.05, 0.1) is 9.82 Å². The van der Waals surface area contributed by atoms with Gasteiger partial charge in [0.2, 0.25) is 10.0 Å². The molecule has 0 radical (unpaired) electrons. The van der Waals surface area contributed by atoms with Crippen molar-refractivity contribution in [1.29, 1.82) is 0 Å². The molecule has 0 amide bonds. The zero-order valence-corrected chi connectivity index (χ0v) is 15.6. The third-order valence-corrected chi connectivity index (χ3v) is 5.52. The van der Waals surface area contributed by atoms with Crippen molar-refractivity contribution in [2.24, 2.45) is 0 Å². The lowest BCUT2D eigenvalue weighted by Gasteiger charge is -2.12. The van der Waals surface area contributed by atoms with Gasteiger partial charge in [-0.25, -0.2) is 18.1 Å². The first kappa shape index (κ1) is 18.7. The van der Waals surface area contributed by atoms with Gasteiger partial charge < -0.3 is 5.32 Å². The summed E-state index contributed by atoms with van der Waals surface area (Å²) in [5.41, 5.74) is 2.37. The Kier molecular flexibility index (Phi) is 5.06. The van der Waals surface area contributed by atoms with Crippen LogP contribution in [0.5, 0.6) is 0 Å². The van der Waals surface area contributed by atoms with Crippen molar-refractivity contribution < 1.29 is 13.3 Å². The molecule has 0 atom stereocenters. The van der Waals surface area contributed by atoms with Crippen molar-refractivity contribution in [3.05, 3.63) is 69.9 Å². The van der Waals surface area contributed by atoms with Gasteiger partial charge in [0.15, 0.2) is 5.52 Å². The molecular weight excluding hydrogens is 368 g/mol. The van der Waals surface area contributed by atoms with Crippen LogP contribution < -0.4 is 10.0 Å². The molecule has 3 aromatic rings. The molecule has 3 rings (SSSR count). The average molecular weight is 386 g/mol. The van der Waals surface area contributed by atoms with Gasteiger partial charge in [-0.1, -0.05) is 24.3 Å². The molecule has 0 aliphatic rings. The van der Waals surface area contributed by atoms with Gasteiger partial charge in [-0.2, -0.15) is 0 Å². The average Bonchev–Trinajstić information content (AvgIpc) is 2.65. The normalized spacial score (nSPS) is 11.5. The highest BCUT2D eigenvalue weighted by atomic mass is 32.2. The largest absolute Gasteiger partial charge is 0.380 e. The Morgan fingerprint density at radius 2 is 1.89 bits per heavy atom. The summed E-state index contributed by atoms with van der Waals surface area (Å²) in [6.07, 6.45) is 0. The third kappa shape index (κ3) is 3.88. The van der Waals surface area contributed by atoms with E-state index in [4.69, 9.17) is 0 Å². The lowest BCUT2D eigenvalue weighted by Crippen LogP contribution is -2.18. The number of anilines is 1. The fourth-order valence-electron chi connectivity index (χ4n) is 2.79. The lowest BCUT2D eigenvalue weighted by molar-refractivity contribution is -0.383. The van der Waals surface area contributed by atoms with E-state index in [9.17, 15) is 18.5 Å². The van der Waals surface area contributed by atoms with Gasteiger partial charge in [0.25, 0.3) is 5.69 Å². The SMILES string of the molecule is CNS(=O)(=O)c1cccc(CNc2cc(C)nc3c([N+](=O)[O-])cccc23)c1. The first-order chi connectivity index (χ1) is 12.8. The van der Waals surface area contributed by atoms with Crippen molar-refractivity contribution in [2.75, 3.05) is 12.4 Å². The molecule has 1 heterocycles. The number of rotatable bonds is 6. The van der Waals surface area contributed by atoms with Crippen LogP contribution >= 0.6 is 0 Å². The number of sulfonamides is 1. The fourth-order valence-corrected chi connectivity index (χ4v) is 3.59. The van der Waals surface area contributed by atoms with Gasteiger partial charge in [-0.15, -0.1) is 0 Å². The van der Waals surface area contributed by atoms with Crippen LogP contribution in [0, 0.1) is 17.0 Å². The minimum atomic E-state index is -3.52. The van der Waals surface area contributed by atoms with Crippen molar-refractivity contribution in [2.45, 2.75) is 18.4 Å². The van der Waals surface area contributed by atoms with E-state index in [0.717, 1.165) is 5.56 Å². The number of para-hydroxylation sites is 1. The topological polar surface area (TPSA) is 114 Å². The first-order valence-electron chi connectivity index (χ1n) is 8.13. The summed E-state index contributed by atoms with van der Waals surface area (Å²) >= 11 is 0. The maximum atomic E-state index is 11.9. The summed E-state index contributed by atoms with van der Waals surface area (Å²) in [5, 5.41) is 15.1. The molecule has 0 spiro atoms. The Morgan fingerprint density at radius 1 is 1.15 bits per heavy atom. The molecular formula is C18H18N4O4S. The van der Waals surface area contributed by atoms with Gasteiger partial charge in [0.1, 0.15) is 0 Å². The van der Waals surface area contributed by atoms with E-state index in [-0.39, 0.29) is 10.6 Å². The molecule has 2 N–H and O–H groups in total. The molecule has 140 valence electrons. The first-order valence-corrected chi connectivity index (χ1v) is 9.61. The lowest BCUT2D eigenvalue weighted by atomic mass is 10.1. The van der Waals surface area contributed by atoms with E-state index in [1.165, 1.54) is 19.2 Å². The van der Waals surface area contributed by atoms with Crippen molar-refractivity contribution in [3.8, 4) is 0 Å². The molecule has 0 saturated heterocycles. The number of aromatic nitrogens is 1. The molecule has 0 unspecified atom stereocenters. The highest BCUT2D eigenvalue weighted by Gasteiger charge is 2.16. The van der Waals surface area contributed by atoms with Crippen LogP contribution in [0.2, 0.25) is 0 Å². The summed E-state index contributed by atoms with van der Waals surface area (Å²) < 4.78 is 26.2. The number of fused-ring (bicyclic) bond motifs is 1. The number of nitro benzene ring substituents is 1. The number of nitro groups is 1. The molecule has 8 nitrogen and oxygen atoms in total. The summed E-state index contributed by atoms with van der Waals surface area (Å²) in [7, 11) is -2.16. The Hall–Kier alpha value is -3.04. The van der Waals surface area contributed by atoms with Crippen LogP contribution in [-0.4, -0.2) is 25.4 Å². The molecule has 9 heteroatoms. The fraction of sp³-hybridized carbons (Fsp3) is 0.167. The molecule has 27 heavy (non-hydrogen) atoms. The molecule has 0 fully saturated rings. The molecule has 0 bridgehead atoms. The number of nitrogens with one attached hydrogen (secondary N) is 2. The summed E-state index contributed by atoms with van der Waals surface area (Å²) in [5.74, 6) is 0. The van der Waals surface area contributed by atoms with E-state index in [1.807, 2.05) is 0 Å². The number of aryl methyl sites for hydroxylation is 1. The summed E-state index contributed by atoms with van der Waals surface area (Å²) in [6, 6.07) is 13.2. The van der Waals surface area contributed by atoms with Gasteiger partial charge >= 0.3 is 0 Å². The number of hydrogen-bond acceptors (Lipinski definition) is 6. The van der Waals surface area contributed by atoms with Crippen LogP contribution in [0.15, 0.2) is 53.4 Å². The summed E-state index contributed by atoms with van der Waals surface area (Å²) in [4.78, 5) is 15.3. The zero-order chi connectivity index (χ0) is 19.6. The van der Waals surface area contributed by atoms with Crippen molar-refractivity contribution in [1.82, 2.24) is 9.71 Å². The van der Waals surface area contributed by atoms with Crippen LogP contribution in [0.25, 0.3) is 10.9 Å². The van der Waals surface area contributed by atoms with E-state index in [2.05, 4.69) is 15.0 Å². The Bertz CT molecular complexity index is 1130. The van der Waals surface area contributed by atoms with Crippen molar-refractivity contribution >= 4 is 32.3 Å². The number of non-ortho nitro benzene ring substituents is 1. The van der Waals surface area contributed by atoms with Crippen molar-refractivity contribution in [3.63, 3.8) is 0 Å². The van der Waals surface area contributed by atoms with Gasteiger partial charge in [-0.3, -0.25) is 10.1 Å². The smallest absolute Gasteiger partial charge is 0.295 e. The van der Waals surface area contributed by atoms with Crippen LogP contribution in [0.4, 0.5) is 11.4 Å². The maximum Gasteiger partial charge on any atom is 0.295 e. The molecule has 2 aromatic carbocycles. The Labute approximate surface area is 156 Å². The number of hydrogen-bond donors (Lipinski definition) is 2. The molecule has 0 saturated carbocycles. The predicted molar refractivity (Wildman–Crippen MR) is 103 cm³/mol. The minimum Gasteiger partial charge on any atom is -0.380 e. The van der Waals surface area contributed by atoms with Crippen LogP contribution in [0.1, 0.15) is 11.3 Å². The zero-order valence-electron chi connectivity index (χ0n) is 14.8. The second-order valence-corrected chi connectivity index (χ2v) is 7.84. The quantitative estimate of drug-likeness (QED) is 0.497. The Morgan fingerprint density at radius 3 is 2.59 bits per heavy atom.